The SMILES string of the molecule is CCN(CC)[C@@H](C(=O)N1CCC[C@H]1c1ncc(-c2ccc3cc(-c4ccc(-c5cnc([C@@H]6CC7(CN6C(=O)[C@@H](NC(=O)OC)C(C)C)OCCO7)[nH]5)cc4)ccc3c2)[nH]1)c1ccccc1.[HH].[HH].[HH]. The van der Waals surface area contributed by atoms with Gasteiger partial charge in [0.25, 0.3) is 0 Å². The predicted octanol–water partition coefficient (Wildman–Crippen LogP) is 9.17. The van der Waals surface area contributed by atoms with Crippen LogP contribution in [0.2, 0.25) is 0 Å². The second-order valence-electron chi connectivity index (χ2n) is 17.6. The fraction of sp³-hybridized carbons (Fsp3) is 0.392. The molecule has 14 heteroatoms. The van der Waals surface area contributed by atoms with E-state index in [1.807, 2.05) is 43.1 Å². The first kappa shape index (κ1) is 43.9. The van der Waals surface area contributed by atoms with E-state index in [2.05, 4.69) is 107 Å². The summed E-state index contributed by atoms with van der Waals surface area (Å²) in [5.41, 5.74) is 6.92. The molecule has 0 bridgehead atoms. The van der Waals surface area contributed by atoms with Gasteiger partial charge in [-0.1, -0.05) is 107 Å². The van der Waals surface area contributed by atoms with Crippen molar-refractivity contribution < 1.29 is 32.9 Å². The maximum Gasteiger partial charge on any atom is 0.407 e. The Morgan fingerprint density at radius 3 is 2.05 bits per heavy atom. The van der Waals surface area contributed by atoms with Crippen LogP contribution in [0, 0.1) is 5.92 Å². The van der Waals surface area contributed by atoms with E-state index >= 15 is 0 Å². The van der Waals surface area contributed by atoms with Gasteiger partial charge in [0.2, 0.25) is 11.8 Å². The molecule has 3 aliphatic heterocycles. The van der Waals surface area contributed by atoms with Crippen LogP contribution in [0.15, 0.2) is 103 Å². The Balaban J connectivity index is 0.00000254. The normalized spacial score (nSPS) is 19.1. The Bertz CT molecular complexity index is 2650. The van der Waals surface area contributed by atoms with E-state index in [1.54, 1.807) is 11.1 Å². The lowest BCUT2D eigenvalue weighted by Gasteiger charge is -2.34. The number of hydrogen-bond donors (Lipinski definition) is 3. The highest BCUT2D eigenvalue weighted by molar-refractivity contribution is 5.91. The Morgan fingerprint density at radius 2 is 1.40 bits per heavy atom. The first-order valence-electron chi connectivity index (χ1n) is 22.9. The van der Waals surface area contributed by atoms with Gasteiger partial charge in [-0.25, -0.2) is 14.8 Å². The minimum atomic E-state index is -0.926. The van der Waals surface area contributed by atoms with Crippen molar-refractivity contribution in [2.75, 3.05) is 46.5 Å². The quantitative estimate of drug-likeness (QED) is 0.103. The third kappa shape index (κ3) is 8.77. The van der Waals surface area contributed by atoms with E-state index < -0.39 is 24.0 Å². The first-order chi connectivity index (χ1) is 31.6. The number of ether oxygens (including phenoxy) is 3. The number of benzene rings is 4. The second kappa shape index (κ2) is 18.6. The summed E-state index contributed by atoms with van der Waals surface area (Å²) in [5.74, 6) is 0.211. The molecule has 0 unspecified atom stereocenters. The second-order valence-corrected chi connectivity index (χ2v) is 17.6. The monoisotopic (exact) mass is 884 g/mol. The maximum absolute atomic E-state index is 14.3. The van der Waals surface area contributed by atoms with E-state index in [-0.39, 0.29) is 40.6 Å². The van der Waals surface area contributed by atoms with E-state index in [1.165, 1.54) is 7.11 Å². The number of imidazole rings is 2. The highest BCUT2D eigenvalue weighted by Gasteiger charge is 2.53. The number of H-pyrrole nitrogens is 2. The van der Waals surface area contributed by atoms with Crippen LogP contribution in [0.1, 0.15) is 86.6 Å². The summed E-state index contributed by atoms with van der Waals surface area (Å²) >= 11 is 0. The highest BCUT2D eigenvalue weighted by atomic mass is 16.7. The molecule has 3 saturated heterocycles. The molecular weight excluding hydrogens is 821 g/mol. The molecule has 14 nitrogen and oxygen atoms in total. The van der Waals surface area contributed by atoms with Gasteiger partial charge >= 0.3 is 6.09 Å². The van der Waals surface area contributed by atoms with Crippen molar-refractivity contribution in [1.29, 1.82) is 0 Å². The molecule has 3 fully saturated rings. The van der Waals surface area contributed by atoms with Gasteiger partial charge in [0.1, 0.15) is 23.7 Å². The van der Waals surface area contributed by atoms with Gasteiger partial charge in [-0.15, -0.1) is 0 Å². The van der Waals surface area contributed by atoms with Crippen molar-refractivity contribution in [1.82, 2.24) is 40.0 Å². The lowest BCUT2D eigenvalue weighted by atomic mass is 9.98. The van der Waals surface area contributed by atoms with Gasteiger partial charge in [-0.05, 0) is 77.0 Å². The van der Waals surface area contributed by atoms with E-state index in [9.17, 15) is 14.4 Å². The number of carbonyl (C=O) groups is 3. The van der Waals surface area contributed by atoms with E-state index in [0.717, 1.165) is 81.7 Å². The first-order valence-corrected chi connectivity index (χ1v) is 22.9. The summed E-state index contributed by atoms with van der Waals surface area (Å²) < 4.78 is 16.9. The molecule has 0 aliphatic carbocycles. The number of alkyl carbamates (subject to hydrolysis) is 1. The summed E-state index contributed by atoms with van der Waals surface area (Å²) in [6.45, 7) is 11.4. The molecule has 0 radical (unpaired) electrons. The molecule has 3 aliphatic rings. The molecule has 3 N–H and O–H groups in total. The molecule has 4 aromatic carbocycles. The molecule has 9 rings (SSSR count). The smallest absolute Gasteiger partial charge is 0.407 e. The molecule has 3 amide bonds. The van der Waals surface area contributed by atoms with Gasteiger partial charge in [0.05, 0.1) is 62.7 Å². The molecule has 5 heterocycles. The van der Waals surface area contributed by atoms with Crippen molar-refractivity contribution in [3.63, 3.8) is 0 Å². The fourth-order valence-electron chi connectivity index (χ4n) is 9.85. The average molecular weight is 885 g/mol. The number of likely N-dealkylation sites (N-methyl/N-ethyl adjacent to an activating group) is 1. The third-order valence-electron chi connectivity index (χ3n) is 13.3. The minimum Gasteiger partial charge on any atom is -0.453 e. The summed E-state index contributed by atoms with van der Waals surface area (Å²) in [7, 11) is 1.28. The van der Waals surface area contributed by atoms with Crippen molar-refractivity contribution in [3.05, 3.63) is 121 Å². The van der Waals surface area contributed by atoms with Crippen molar-refractivity contribution >= 4 is 28.7 Å². The van der Waals surface area contributed by atoms with Crippen molar-refractivity contribution in [2.45, 2.75) is 76.9 Å². The molecule has 2 aromatic heterocycles. The zero-order valence-electron chi connectivity index (χ0n) is 37.8. The number of methoxy groups -OCH3 is 1. The number of fused-ring (bicyclic) bond motifs is 1. The Hall–Kier alpha value is -6.35. The summed E-state index contributed by atoms with van der Waals surface area (Å²) in [6.07, 6.45) is 5.23. The summed E-state index contributed by atoms with van der Waals surface area (Å²) in [4.78, 5) is 63.1. The zero-order valence-corrected chi connectivity index (χ0v) is 37.8. The molecule has 4 atom stereocenters. The number of aromatic nitrogens is 4. The van der Waals surface area contributed by atoms with E-state index in [4.69, 9.17) is 24.2 Å². The molecule has 65 heavy (non-hydrogen) atoms. The highest BCUT2D eigenvalue weighted by Crippen LogP contribution is 2.43. The lowest BCUT2D eigenvalue weighted by Crippen LogP contribution is -2.52. The van der Waals surface area contributed by atoms with Crippen molar-refractivity contribution in [2.24, 2.45) is 5.92 Å². The summed E-state index contributed by atoms with van der Waals surface area (Å²) in [6, 6.07) is 29.7. The maximum atomic E-state index is 14.3. The van der Waals surface area contributed by atoms with Crippen LogP contribution in [-0.4, -0.2) is 111 Å². The topological polar surface area (TPSA) is 158 Å². The number of likely N-dealkylation sites (tertiary alicyclic amines) is 2. The molecule has 0 saturated carbocycles. The van der Waals surface area contributed by atoms with Crippen LogP contribution in [0.5, 0.6) is 0 Å². The number of hydrogen-bond acceptors (Lipinski definition) is 9. The van der Waals surface area contributed by atoms with Crippen LogP contribution >= 0.6 is 0 Å². The Labute approximate surface area is 384 Å². The number of nitrogens with zero attached hydrogens (tertiary/aromatic N) is 5. The zero-order chi connectivity index (χ0) is 45.2. The molecule has 6 aromatic rings. The van der Waals surface area contributed by atoms with Crippen LogP contribution in [0.4, 0.5) is 4.79 Å². The predicted molar refractivity (Wildman–Crippen MR) is 255 cm³/mol. The van der Waals surface area contributed by atoms with Crippen molar-refractivity contribution in [3.8, 4) is 33.6 Å². The van der Waals surface area contributed by atoms with Crippen LogP contribution in [0.25, 0.3) is 44.4 Å². The number of nitrogens with one attached hydrogen (secondary N) is 3. The van der Waals surface area contributed by atoms with Crippen LogP contribution in [-0.2, 0) is 23.8 Å². The van der Waals surface area contributed by atoms with Gasteiger partial charge in [0.15, 0.2) is 5.79 Å². The van der Waals surface area contributed by atoms with Gasteiger partial charge < -0.3 is 39.3 Å². The number of amides is 3. The van der Waals surface area contributed by atoms with Gasteiger partial charge in [-0.3, -0.25) is 14.5 Å². The number of carbonyl (C=O) groups excluding carboxylic acids is 3. The standard InChI is InChI=1S/C51H58N8O6.3H2/c1-6-57(7-2)45(35-12-9-8-10-13-35)49(61)58-23-11-14-42(58)46-52-30-41(55-46)39-22-21-37-26-36(19-20-38(37)27-39)33-15-17-34(18-16-33)40-29-53-47(54-40)43-28-51(64-24-25-65-51)31-59(43)48(60)44(32(3)4)56-50(62)63-5;;;/h8-10,12-13,15-22,26-27,29-30,32,42-45H,6-7,11,14,23-25,28,31H2,1-5H3,(H,52,55)(H,53,54)(H,56,62);3*1H/t42-,43-,44-,45+;;;/m0.../s1. The summed E-state index contributed by atoms with van der Waals surface area (Å²) in [5, 5.41) is 4.94. The number of rotatable bonds is 13. The Kier molecular flexibility index (Phi) is 12.6. The molecule has 1 spiro atoms. The number of aromatic amines is 2. The fourth-order valence-corrected chi connectivity index (χ4v) is 9.85. The molecular formula is C51H64N8O6. The average Bonchev–Trinajstić information content (AvgIpc) is 4.21. The van der Waals surface area contributed by atoms with Gasteiger partial charge in [-0.2, -0.15) is 0 Å². The Morgan fingerprint density at radius 1 is 0.800 bits per heavy atom. The van der Waals surface area contributed by atoms with Crippen LogP contribution < -0.4 is 5.32 Å². The molecule has 344 valence electrons. The van der Waals surface area contributed by atoms with Gasteiger partial charge in [0, 0.05) is 22.8 Å². The largest absolute Gasteiger partial charge is 0.453 e. The van der Waals surface area contributed by atoms with Crippen LogP contribution in [0.3, 0.4) is 0 Å². The minimum absolute atomic E-state index is 0. The third-order valence-corrected chi connectivity index (χ3v) is 13.3. The van der Waals surface area contributed by atoms with E-state index in [0.29, 0.717) is 32.0 Å². The lowest BCUT2D eigenvalue weighted by molar-refractivity contribution is -0.153.